The van der Waals surface area contributed by atoms with E-state index in [4.69, 9.17) is 11.6 Å². The smallest absolute Gasteiger partial charge is 0.233 e. The molecule has 1 fully saturated rings. The molecule has 0 N–H and O–H groups in total. The summed E-state index contributed by atoms with van der Waals surface area (Å²) in [4.78, 5) is 19.9. The molecule has 1 atom stereocenters. The summed E-state index contributed by atoms with van der Waals surface area (Å²) in [6.07, 6.45) is 2.51. The van der Waals surface area contributed by atoms with Crippen molar-refractivity contribution in [2.75, 3.05) is 24.2 Å². The van der Waals surface area contributed by atoms with E-state index in [2.05, 4.69) is 4.98 Å². The maximum Gasteiger partial charge on any atom is 0.233 e. The molecule has 0 radical (unpaired) electrons. The molecule has 2 heterocycles. The van der Waals surface area contributed by atoms with Crippen LogP contribution in [0.3, 0.4) is 0 Å². The average Bonchev–Trinajstić information content (AvgIpc) is 3.17. The fraction of sp³-hybridized carbons (Fsp3) is 0.333. The van der Waals surface area contributed by atoms with Gasteiger partial charge in [0.1, 0.15) is 5.52 Å². The van der Waals surface area contributed by atoms with Gasteiger partial charge in [-0.2, -0.15) is 0 Å². The summed E-state index contributed by atoms with van der Waals surface area (Å²) in [5.41, 5.74) is 1.65. The minimum Gasteiger partial charge on any atom is -0.283 e. The molecule has 1 aliphatic heterocycles. The number of amides is 1. The Balaban J connectivity index is 1.69. The molecule has 6 nitrogen and oxygen atoms in total. The number of carbonyl (C=O) groups is 1. The molecule has 2 aromatic carbocycles. The Labute approximate surface area is 185 Å². The highest BCUT2D eigenvalue weighted by Crippen LogP contribution is 2.35. The number of anilines is 1. The van der Waals surface area contributed by atoms with Crippen LogP contribution in [-0.4, -0.2) is 43.0 Å². The van der Waals surface area contributed by atoms with Crippen LogP contribution in [0.15, 0.2) is 48.5 Å². The van der Waals surface area contributed by atoms with Crippen LogP contribution in [-0.2, 0) is 21.4 Å². The van der Waals surface area contributed by atoms with Gasteiger partial charge < -0.3 is 0 Å². The summed E-state index contributed by atoms with van der Waals surface area (Å²) in [6, 6.07) is 15.3. The number of para-hydroxylation sites is 1. The molecule has 1 unspecified atom stereocenters. The number of hydrogen-bond donors (Lipinski definition) is 0. The van der Waals surface area contributed by atoms with Crippen molar-refractivity contribution in [3.8, 4) is 0 Å². The molecule has 1 amide bonds. The zero-order valence-corrected chi connectivity index (χ0v) is 18.9. The molecule has 1 aliphatic rings. The number of hydrogen-bond acceptors (Lipinski definition) is 5. The monoisotopic (exact) mass is 463 g/mol. The summed E-state index contributed by atoms with van der Waals surface area (Å²) in [7, 11) is -3.34. The number of carbonyl (C=O) groups excluding carboxylic acids is 1. The summed E-state index contributed by atoms with van der Waals surface area (Å²) in [5, 5.41) is 1.12. The predicted octanol–water partition coefficient (Wildman–Crippen LogP) is 4.15. The van der Waals surface area contributed by atoms with Gasteiger partial charge in [-0.05, 0) is 30.5 Å². The SMILES string of the molecule is CS(=O)(=O)N1CCCC(C(=O)N(Cc2ccccc2)c2nc3c(Cl)cccc3s2)C1. The maximum absolute atomic E-state index is 13.6. The number of thiazole rings is 1. The van der Waals surface area contributed by atoms with Gasteiger partial charge in [0, 0.05) is 13.1 Å². The Bertz CT molecular complexity index is 1160. The fourth-order valence-electron chi connectivity index (χ4n) is 3.69. The third-order valence-corrected chi connectivity index (χ3v) is 7.86. The summed E-state index contributed by atoms with van der Waals surface area (Å²) in [6.45, 7) is 1.03. The first-order valence-corrected chi connectivity index (χ1v) is 12.7. The van der Waals surface area contributed by atoms with Crippen LogP contribution in [0.25, 0.3) is 10.2 Å². The van der Waals surface area contributed by atoms with Crippen LogP contribution < -0.4 is 4.90 Å². The number of rotatable bonds is 5. The first kappa shape index (κ1) is 21.2. The van der Waals surface area contributed by atoms with E-state index in [0.29, 0.717) is 41.6 Å². The van der Waals surface area contributed by atoms with E-state index >= 15 is 0 Å². The third-order valence-electron chi connectivity index (χ3n) is 5.24. The van der Waals surface area contributed by atoms with E-state index in [1.54, 1.807) is 11.0 Å². The van der Waals surface area contributed by atoms with Gasteiger partial charge in [-0.1, -0.05) is 59.3 Å². The van der Waals surface area contributed by atoms with Gasteiger partial charge in [0.05, 0.1) is 28.4 Å². The second-order valence-corrected chi connectivity index (χ2v) is 10.9. The van der Waals surface area contributed by atoms with Crippen molar-refractivity contribution >= 4 is 54.2 Å². The lowest BCUT2D eigenvalue weighted by atomic mass is 9.98. The van der Waals surface area contributed by atoms with Crippen LogP contribution in [0, 0.1) is 5.92 Å². The van der Waals surface area contributed by atoms with Gasteiger partial charge in [0.25, 0.3) is 0 Å². The van der Waals surface area contributed by atoms with E-state index < -0.39 is 15.9 Å². The topological polar surface area (TPSA) is 70.6 Å². The van der Waals surface area contributed by atoms with Crippen LogP contribution >= 0.6 is 22.9 Å². The van der Waals surface area contributed by atoms with E-state index in [-0.39, 0.29) is 12.5 Å². The first-order valence-electron chi connectivity index (χ1n) is 9.68. The Kier molecular flexibility index (Phi) is 6.11. The van der Waals surface area contributed by atoms with Crippen molar-refractivity contribution in [1.29, 1.82) is 0 Å². The number of sulfonamides is 1. The molecule has 9 heteroatoms. The van der Waals surface area contributed by atoms with Crippen molar-refractivity contribution in [2.45, 2.75) is 19.4 Å². The van der Waals surface area contributed by atoms with E-state index in [1.165, 1.54) is 21.9 Å². The van der Waals surface area contributed by atoms with Crippen LogP contribution in [0.1, 0.15) is 18.4 Å². The molecule has 0 spiro atoms. The molecule has 4 rings (SSSR count). The summed E-state index contributed by atoms with van der Waals surface area (Å²) >= 11 is 7.72. The molecule has 3 aromatic rings. The lowest BCUT2D eigenvalue weighted by molar-refractivity contribution is -0.123. The van der Waals surface area contributed by atoms with Gasteiger partial charge in [-0.15, -0.1) is 0 Å². The van der Waals surface area contributed by atoms with E-state index in [0.717, 1.165) is 10.3 Å². The molecule has 1 aromatic heterocycles. The number of fused-ring (bicyclic) bond motifs is 1. The van der Waals surface area contributed by atoms with E-state index in [1.807, 2.05) is 42.5 Å². The Hall–Kier alpha value is -2.00. The highest BCUT2D eigenvalue weighted by atomic mass is 35.5. The Morgan fingerprint density at radius 3 is 2.70 bits per heavy atom. The van der Waals surface area contributed by atoms with Gasteiger partial charge in [-0.3, -0.25) is 9.69 Å². The molecule has 0 saturated carbocycles. The molecule has 1 saturated heterocycles. The first-order chi connectivity index (χ1) is 14.3. The van der Waals surface area contributed by atoms with Gasteiger partial charge in [0.15, 0.2) is 5.13 Å². The molecular formula is C21H22ClN3O3S2. The average molecular weight is 464 g/mol. The van der Waals surface area contributed by atoms with Crippen molar-refractivity contribution in [1.82, 2.24) is 9.29 Å². The zero-order chi connectivity index (χ0) is 21.3. The fourth-order valence-corrected chi connectivity index (χ4v) is 5.87. The molecule has 0 aliphatic carbocycles. The van der Waals surface area contributed by atoms with Gasteiger partial charge in [0.2, 0.25) is 15.9 Å². The van der Waals surface area contributed by atoms with Crippen LogP contribution in [0.5, 0.6) is 0 Å². The number of benzene rings is 2. The van der Waals surface area contributed by atoms with Crippen molar-refractivity contribution < 1.29 is 13.2 Å². The Morgan fingerprint density at radius 2 is 2.00 bits per heavy atom. The zero-order valence-electron chi connectivity index (χ0n) is 16.5. The van der Waals surface area contributed by atoms with E-state index in [9.17, 15) is 13.2 Å². The van der Waals surface area contributed by atoms with Crippen molar-refractivity contribution in [3.05, 3.63) is 59.1 Å². The predicted molar refractivity (Wildman–Crippen MR) is 121 cm³/mol. The minimum absolute atomic E-state index is 0.109. The van der Waals surface area contributed by atoms with Crippen molar-refractivity contribution in [2.24, 2.45) is 5.92 Å². The molecule has 0 bridgehead atoms. The highest BCUT2D eigenvalue weighted by Gasteiger charge is 2.34. The third kappa shape index (κ3) is 4.51. The molecule has 30 heavy (non-hydrogen) atoms. The largest absolute Gasteiger partial charge is 0.283 e. The Morgan fingerprint density at radius 1 is 1.23 bits per heavy atom. The molecular weight excluding hydrogens is 442 g/mol. The number of piperidine rings is 1. The lowest BCUT2D eigenvalue weighted by Crippen LogP contribution is -2.46. The second kappa shape index (κ2) is 8.63. The van der Waals surface area contributed by atoms with Gasteiger partial charge in [-0.25, -0.2) is 17.7 Å². The normalized spacial score (nSPS) is 17.9. The quantitative estimate of drug-likeness (QED) is 0.569. The van der Waals surface area contributed by atoms with Crippen molar-refractivity contribution in [3.63, 3.8) is 0 Å². The van der Waals surface area contributed by atoms with Crippen LogP contribution in [0.4, 0.5) is 5.13 Å². The number of halogens is 1. The summed E-state index contributed by atoms with van der Waals surface area (Å²) < 4.78 is 26.3. The summed E-state index contributed by atoms with van der Waals surface area (Å²) in [5.74, 6) is -0.512. The molecule has 158 valence electrons. The second-order valence-electron chi connectivity index (χ2n) is 7.45. The minimum atomic E-state index is -3.34. The number of nitrogens with zero attached hydrogens (tertiary/aromatic N) is 3. The standard InChI is InChI=1S/C21H22ClN3O3S2/c1-30(27,28)24-12-6-9-16(14-24)20(26)25(13-15-7-3-2-4-8-15)21-23-19-17(22)10-5-11-18(19)29-21/h2-5,7-8,10-11,16H,6,9,12-14H2,1H3. The highest BCUT2D eigenvalue weighted by molar-refractivity contribution is 7.88. The van der Waals surface area contributed by atoms with Crippen LogP contribution in [0.2, 0.25) is 5.02 Å². The number of aromatic nitrogens is 1. The lowest BCUT2D eigenvalue weighted by Gasteiger charge is -2.33. The van der Waals surface area contributed by atoms with Gasteiger partial charge >= 0.3 is 0 Å². The maximum atomic E-state index is 13.6.